The van der Waals surface area contributed by atoms with Crippen molar-refractivity contribution in [3.63, 3.8) is 0 Å². The smallest absolute Gasteiger partial charge is 0.310 e. The van der Waals surface area contributed by atoms with E-state index in [1.54, 1.807) is 0 Å². The lowest BCUT2D eigenvalue weighted by Crippen LogP contribution is -2.56. The number of hydrogen-bond acceptors (Lipinski definition) is 2. The Balaban J connectivity index is 1.40. The van der Waals surface area contributed by atoms with E-state index in [0.717, 1.165) is 11.5 Å². The summed E-state index contributed by atoms with van der Waals surface area (Å²) in [7, 11) is 0. The molecule has 4 aliphatic rings. The maximum absolute atomic E-state index is 12.3. The quantitative estimate of drug-likeness (QED) is 0.721. The minimum Gasteiger partial charge on any atom is -0.465 e. The number of benzene rings is 1. The molecule has 130 valence electrons. The van der Waals surface area contributed by atoms with Crippen LogP contribution >= 0.6 is 0 Å². The van der Waals surface area contributed by atoms with Crippen LogP contribution in [0, 0.1) is 29.1 Å². The molecule has 2 nitrogen and oxygen atoms in total. The Labute approximate surface area is 146 Å². The van der Waals surface area contributed by atoms with Crippen LogP contribution in [0.1, 0.15) is 63.5 Å². The van der Waals surface area contributed by atoms with Crippen molar-refractivity contribution in [2.45, 2.75) is 65.7 Å². The predicted molar refractivity (Wildman–Crippen MR) is 95.7 cm³/mol. The molecule has 0 aromatic heterocycles. The maximum atomic E-state index is 12.3. The summed E-state index contributed by atoms with van der Waals surface area (Å²) in [6, 6.07) is 8.18. The predicted octanol–water partition coefficient (Wildman–Crippen LogP) is 5.08. The third-order valence-electron chi connectivity index (χ3n) is 6.75. The fraction of sp³-hybridized carbons (Fsp3) is 0.682. The van der Waals surface area contributed by atoms with E-state index < -0.39 is 0 Å². The number of carbonyl (C=O) groups excluding carboxylic acids is 1. The fourth-order valence-electron chi connectivity index (χ4n) is 7.00. The molecular formula is C22H30O2. The zero-order chi connectivity index (χ0) is 17.0. The Kier molecular flexibility index (Phi) is 3.60. The first kappa shape index (κ1) is 16.2. The first-order valence-corrected chi connectivity index (χ1v) is 9.49. The highest BCUT2D eigenvalue weighted by Crippen LogP contribution is 2.69. The number of ether oxygens (including phenoxy) is 1. The zero-order valence-electron chi connectivity index (χ0n) is 15.4. The van der Waals surface area contributed by atoms with E-state index in [1.807, 2.05) is 12.1 Å². The first-order valence-electron chi connectivity index (χ1n) is 9.49. The Morgan fingerprint density at radius 2 is 1.67 bits per heavy atom. The molecule has 0 aliphatic heterocycles. The highest BCUT2D eigenvalue weighted by Gasteiger charge is 2.60. The van der Waals surface area contributed by atoms with Crippen molar-refractivity contribution in [2.24, 2.45) is 22.2 Å². The summed E-state index contributed by atoms with van der Waals surface area (Å²) in [5, 5.41) is 0. The molecule has 2 atom stereocenters. The highest BCUT2D eigenvalue weighted by molar-refractivity contribution is 5.72. The van der Waals surface area contributed by atoms with Gasteiger partial charge in [-0.3, -0.25) is 4.79 Å². The summed E-state index contributed by atoms with van der Waals surface area (Å²) >= 11 is 0. The summed E-state index contributed by atoms with van der Waals surface area (Å²) < 4.78 is 5.81. The van der Waals surface area contributed by atoms with Crippen molar-refractivity contribution in [2.75, 3.05) is 6.61 Å². The van der Waals surface area contributed by atoms with E-state index in [2.05, 4.69) is 32.9 Å². The zero-order valence-corrected chi connectivity index (χ0v) is 15.4. The van der Waals surface area contributed by atoms with Gasteiger partial charge in [-0.15, -0.1) is 0 Å². The lowest BCUT2D eigenvalue weighted by molar-refractivity contribution is -0.177. The Morgan fingerprint density at radius 1 is 1.04 bits per heavy atom. The normalized spacial score (nSPS) is 39.9. The molecule has 4 fully saturated rings. The monoisotopic (exact) mass is 326 g/mol. The van der Waals surface area contributed by atoms with Gasteiger partial charge in [0.25, 0.3) is 0 Å². The van der Waals surface area contributed by atoms with Crippen LogP contribution in [0.2, 0.25) is 0 Å². The van der Waals surface area contributed by atoms with E-state index >= 15 is 0 Å². The van der Waals surface area contributed by atoms with Crippen molar-refractivity contribution in [3.05, 3.63) is 35.4 Å². The second kappa shape index (κ2) is 5.34. The molecule has 4 saturated carbocycles. The summed E-state index contributed by atoms with van der Waals surface area (Å²) in [5.41, 5.74) is 3.50. The van der Waals surface area contributed by atoms with Gasteiger partial charge in [0, 0.05) is 5.41 Å². The Hall–Kier alpha value is -1.31. The maximum Gasteiger partial charge on any atom is 0.310 e. The van der Waals surface area contributed by atoms with E-state index in [4.69, 9.17) is 4.74 Å². The molecule has 0 N–H and O–H groups in total. The summed E-state index contributed by atoms with van der Waals surface area (Å²) in [6.45, 7) is 7.65. The summed E-state index contributed by atoms with van der Waals surface area (Å²) in [4.78, 5) is 12.3. The van der Waals surface area contributed by atoms with Gasteiger partial charge in [-0.1, -0.05) is 43.7 Å². The Bertz CT molecular complexity index is 626. The Morgan fingerprint density at radius 3 is 2.25 bits per heavy atom. The summed E-state index contributed by atoms with van der Waals surface area (Å²) in [6.07, 6.45) is 8.33. The standard InChI is InChI=1S/C22H30O2/c1-16-4-6-17(7-5-16)8-19(23)24-15-22-11-18-9-20(2,13-22)12-21(3,10-18)14-22/h4-7,18H,8-15H2,1-3H3. The lowest BCUT2D eigenvalue weighted by atomic mass is 9.40. The van der Waals surface area contributed by atoms with E-state index in [-0.39, 0.29) is 11.4 Å². The van der Waals surface area contributed by atoms with Crippen molar-refractivity contribution >= 4 is 5.97 Å². The van der Waals surface area contributed by atoms with Crippen molar-refractivity contribution in [1.29, 1.82) is 0 Å². The first-order chi connectivity index (χ1) is 11.3. The van der Waals surface area contributed by atoms with E-state index in [9.17, 15) is 4.79 Å². The number of aryl methyl sites for hydroxylation is 1. The topological polar surface area (TPSA) is 26.3 Å². The largest absolute Gasteiger partial charge is 0.465 e. The van der Waals surface area contributed by atoms with Crippen LogP contribution in [0.4, 0.5) is 0 Å². The molecular weight excluding hydrogens is 296 g/mol. The number of esters is 1. The molecule has 4 bridgehead atoms. The SMILES string of the molecule is Cc1ccc(CC(=O)OCC23CC4CC(C)(CC(C)(C4)C2)C3)cc1. The molecule has 1 aromatic carbocycles. The molecule has 4 aliphatic carbocycles. The van der Waals surface area contributed by atoms with Crippen LogP contribution in [0.25, 0.3) is 0 Å². The molecule has 0 radical (unpaired) electrons. The van der Waals surface area contributed by atoms with Gasteiger partial charge in [-0.25, -0.2) is 0 Å². The van der Waals surface area contributed by atoms with Gasteiger partial charge < -0.3 is 4.74 Å². The van der Waals surface area contributed by atoms with Crippen LogP contribution in [-0.4, -0.2) is 12.6 Å². The average molecular weight is 326 g/mol. The van der Waals surface area contributed by atoms with E-state index in [0.29, 0.717) is 23.9 Å². The van der Waals surface area contributed by atoms with Gasteiger partial charge in [0.1, 0.15) is 0 Å². The molecule has 1 aromatic rings. The third kappa shape index (κ3) is 3.00. The van der Waals surface area contributed by atoms with Crippen LogP contribution in [0.15, 0.2) is 24.3 Å². The van der Waals surface area contributed by atoms with Crippen LogP contribution in [-0.2, 0) is 16.0 Å². The van der Waals surface area contributed by atoms with Gasteiger partial charge in [0.05, 0.1) is 13.0 Å². The van der Waals surface area contributed by atoms with E-state index in [1.165, 1.54) is 44.1 Å². The minimum absolute atomic E-state index is 0.0649. The van der Waals surface area contributed by atoms with Crippen LogP contribution in [0.3, 0.4) is 0 Å². The van der Waals surface area contributed by atoms with Crippen molar-refractivity contribution in [3.8, 4) is 0 Å². The second-order valence-electron chi connectivity index (χ2n) is 9.95. The number of rotatable bonds is 4. The van der Waals surface area contributed by atoms with Gasteiger partial charge >= 0.3 is 5.97 Å². The van der Waals surface area contributed by atoms with Gasteiger partial charge in [-0.2, -0.15) is 0 Å². The molecule has 0 spiro atoms. The fourth-order valence-corrected chi connectivity index (χ4v) is 7.00. The molecule has 0 heterocycles. The highest BCUT2D eigenvalue weighted by atomic mass is 16.5. The van der Waals surface area contributed by atoms with Crippen LogP contribution < -0.4 is 0 Å². The van der Waals surface area contributed by atoms with Crippen LogP contribution in [0.5, 0.6) is 0 Å². The minimum atomic E-state index is -0.0649. The molecule has 2 heteroatoms. The number of hydrogen-bond donors (Lipinski definition) is 0. The lowest BCUT2D eigenvalue weighted by Gasteiger charge is -2.65. The summed E-state index contributed by atoms with van der Waals surface area (Å²) in [5.74, 6) is 0.789. The molecule has 2 unspecified atom stereocenters. The average Bonchev–Trinajstić information content (AvgIpc) is 2.44. The van der Waals surface area contributed by atoms with Crippen molar-refractivity contribution < 1.29 is 9.53 Å². The molecule has 0 amide bonds. The van der Waals surface area contributed by atoms with Gasteiger partial charge in [0.2, 0.25) is 0 Å². The molecule has 24 heavy (non-hydrogen) atoms. The van der Waals surface area contributed by atoms with Gasteiger partial charge in [-0.05, 0) is 67.8 Å². The van der Waals surface area contributed by atoms with Gasteiger partial charge in [0.15, 0.2) is 0 Å². The molecule has 5 rings (SSSR count). The van der Waals surface area contributed by atoms with Crippen molar-refractivity contribution in [1.82, 2.24) is 0 Å². The molecule has 0 saturated heterocycles. The third-order valence-corrected chi connectivity index (χ3v) is 6.75. The second-order valence-corrected chi connectivity index (χ2v) is 9.95. The number of carbonyl (C=O) groups is 1.